The highest BCUT2D eigenvalue weighted by Crippen LogP contribution is 2.19. The number of halogens is 1. The minimum atomic E-state index is -0.948. The highest BCUT2D eigenvalue weighted by atomic mass is 79.9. The van der Waals surface area contributed by atoms with E-state index in [9.17, 15) is 9.59 Å². The summed E-state index contributed by atoms with van der Waals surface area (Å²) < 4.78 is 10.7. The van der Waals surface area contributed by atoms with E-state index < -0.39 is 12.0 Å². The molecule has 2 rings (SSSR count). The number of carboxylic acids is 1. The average molecular weight is 318 g/mol. The zero-order chi connectivity index (χ0) is 13.1. The molecule has 1 unspecified atom stereocenters. The SMILES string of the molecule is O=C(O)CC1COCCN1C(=O)c1coc(Br)c1. The number of carbonyl (C=O) groups is 2. The Labute approximate surface area is 112 Å². The van der Waals surface area contributed by atoms with Crippen molar-refractivity contribution in [2.45, 2.75) is 12.5 Å². The van der Waals surface area contributed by atoms with E-state index in [1.54, 1.807) is 6.07 Å². The summed E-state index contributed by atoms with van der Waals surface area (Å²) in [7, 11) is 0. The topological polar surface area (TPSA) is 80.0 Å². The van der Waals surface area contributed by atoms with Gasteiger partial charge in [-0.3, -0.25) is 9.59 Å². The number of rotatable bonds is 3. The van der Waals surface area contributed by atoms with Crippen LogP contribution < -0.4 is 0 Å². The van der Waals surface area contributed by atoms with Crippen LogP contribution >= 0.6 is 15.9 Å². The van der Waals surface area contributed by atoms with Crippen molar-refractivity contribution in [3.63, 3.8) is 0 Å². The van der Waals surface area contributed by atoms with Crippen LogP contribution in [-0.2, 0) is 9.53 Å². The maximum atomic E-state index is 12.2. The Kier molecular flexibility index (Phi) is 4.03. The summed E-state index contributed by atoms with van der Waals surface area (Å²) in [5.74, 6) is -1.18. The molecule has 1 atom stereocenters. The highest BCUT2D eigenvalue weighted by molar-refractivity contribution is 9.10. The van der Waals surface area contributed by atoms with Gasteiger partial charge in [-0.25, -0.2) is 0 Å². The molecule has 98 valence electrons. The van der Waals surface area contributed by atoms with Gasteiger partial charge in [-0.2, -0.15) is 0 Å². The standard InChI is InChI=1S/C11H12BrNO5/c12-9-3-7(5-18-9)11(16)13-1-2-17-6-8(13)4-10(14)15/h3,5,8H,1-2,4,6H2,(H,14,15). The Balaban J connectivity index is 2.13. The molecule has 18 heavy (non-hydrogen) atoms. The number of morpholine rings is 1. The Morgan fingerprint density at radius 1 is 1.56 bits per heavy atom. The molecule has 0 saturated carbocycles. The molecule has 1 aromatic heterocycles. The van der Waals surface area contributed by atoms with Crippen molar-refractivity contribution in [2.24, 2.45) is 0 Å². The van der Waals surface area contributed by atoms with Crippen LogP contribution in [0.4, 0.5) is 0 Å². The van der Waals surface area contributed by atoms with E-state index in [1.807, 2.05) is 0 Å². The van der Waals surface area contributed by atoms with Gasteiger partial charge in [0.05, 0.1) is 31.2 Å². The first kappa shape index (κ1) is 13.1. The Morgan fingerprint density at radius 3 is 2.94 bits per heavy atom. The predicted molar refractivity (Wildman–Crippen MR) is 64.3 cm³/mol. The van der Waals surface area contributed by atoms with E-state index in [0.717, 1.165) is 0 Å². The summed E-state index contributed by atoms with van der Waals surface area (Å²) in [6.45, 7) is 1.05. The summed E-state index contributed by atoms with van der Waals surface area (Å²) in [6.07, 6.45) is 1.23. The fourth-order valence-electron chi connectivity index (χ4n) is 1.88. The van der Waals surface area contributed by atoms with Crippen molar-refractivity contribution in [1.82, 2.24) is 4.90 Å². The summed E-state index contributed by atoms with van der Waals surface area (Å²) in [4.78, 5) is 24.5. The number of carbonyl (C=O) groups excluding carboxylic acids is 1. The lowest BCUT2D eigenvalue weighted by atomic mass is 10.1. The largest absolute Gasteiger partial charge is 0.481 e. The summed E-state index contributed by atoms with van der Waals surface area (Å²) in [5.41, 5.74) is 0.402. The minimum Gasteiger partial charge on any atom is -0.481 e. The van der Waals surface area contributed by atoms with Crippen LogP contribution in [0.25, 0.3) is 0 Å². The van der Waals surface area contributed by atoms with Crippen LogP contribution in [0.5, 0.6) is 0 Å². The van der Waals surface area contributed by atoms with Crippen LogP contribution in [0.3, 0.4) is 0 Å². The fraction of sp³-hybridized carbons (Fsp3) is 0.455. The van der Waals surface area contributed by atoms with Crippen LogP contribution in [0, 0.1) is 0 Å². The zero-order valence-electron chi connectivity index (χ0n) is 9.47. The summed E-state index contributed by atoms with van der Waals surface area (Å²) in [5, 5.41) is 8.82. The van der Waals surface area contributed by atoms with E-state index in [4.69, 9.17) is 14.3 Å². The van der Waals surface area contributed by atoms with Gasteiger partial charge in [-0.15, -0.1) is 0 Å². The molecule has 1 N–H and O–H groups in total. The Bertz CT molecular complexity index is 458. The van der Waals surface area contributed by atoms with Crippen molar-refractivity contribution in [2.75, 3.05) is 19.8 Å². The monoisotopic (exact) mass is 317 g/mol. The van der Waals surface area contributed by atoms with Crippen LogP contribution in [0.15, 0.2) is 21.4 Å². The predicted octanol–water partition coefficient (Wildman–Crippen LogP) is 1.36. The maximum absolute atomic E-state index is 12.2. The quantitative estimate of drug-likeness (QED) is 0.910. The smallest absolute Gasteiger partial charge is 0.305 e. The second-order valence-electron chi connectivity index (χ2n) is 3.96. The molecule has 0 bridgehead atoms. The first-order chi connectivity index (χ1) is 8.58. The first-order valence-corrected chi connectivity index (χ1v) is 6.22. The molecule has 1 fully saturated rings. The molecule has 0 spiro atoms. The lowest BCUT2D eigenvalue weighted by Crippen LogP contribution is -2.49. The second-order valence-corrected chi connectivity index (χ2v) is 4.75. The molecule has 0 radical (unpaired) electrons. The highest BCUT2D eigenvalue weighted by Gasteiger charge is 2.30. The molecule has 1 saturated heterocycles. The van der Waals surface area contributed by atoms with Gasteiger partial charge in [0, 0.05) is 12.6 Å². The van der Waals surface area contributed by atoms with Crippen LogP contribution in [0.2, 0.25) is 0 Å². The lowest BCUT2D eigenvalue weighted by Gasteiger charge is -2.34. The third-order valence-electron chi connectivity index (χ3n) is 2.71. The molecule has 1 aliphatic heterocycles. The third-order valence-corrected chi connectivity index (χ3v) is 3.13. The van der Waals surface area contributed by atoms with Gasteiger partial charge in [0.25, 0.3) is 5.91 Å². The second kappa shape index (κ2) is 5.53. The Hall–Kier alpha value is -1.34. The van der Waals surface area contributed by atoms with Gasteiger partial charge >= 0.3 is 5.97 Å². The maximum Gasteiger partial charge on any atom is 0.305 e. The number of amides is 1. The van der Waals surface area contributed by atoms with Crippen LogP contribution in [-0.4, -0.2) is 47.7 Å². The molecular weight excluding hydrogens is 306 g/mol. The van der Waals surface area contributed by atoms with Gasteiger partial charge < -0.3 is 19.2 Å². The number of furan rings is 1. The van der Waals surface area contributed by atoms with E-state index in [0.29, 0.717) is 23.4 Å². The van der Waals surface area contributed by atoms with Crippen molar-refractivity contribution in [3.05, 3.63) is 22.6 Å². The average Bonchev–Trinajstić information content (AvgIpc) is 2.75. The molecule has 6 nitrogen and oxygen atoms in total. The normalized spacial score (nSPS) is 19.8. The molecular formula is C11H12BrNO5. The molecule has 7 heteroatoms. The van der Waals surface area contributed by atoms with Gasteiger partial charge in [0.1, 0.15) is 6.26 Å². The summed E-state index contributed by atoms with van der Waals surface area (Å²) in [6, 6.07) is 1.13. The number of ether oxygens (including phenoxy) is 1. The number of hydrogen-bond donors (Lipinski definition) is 1. The van der Waals surface area contributed by atoms with Crippen molar-refractivity contribution in [1.29, 1.82) is 0 Å². The van der Waals surface area contributed by atoms with E-state index in [-0.39, 0.29) is 18.9 Å². The van der Waals surface area contributed by atoms with Crippen molar-refractivity contribution in [3.8, 4) is 0 Å². The van der Waals surface area contributed by atoms with E-state index in [2.05, 4.69) is 15.9 Å². The molecule has 1 aromatic rings. The number of carboxylic acid groups (broad SMARTS) is 1. The molecule has 0 aliphatic carbocycles. The van der Waals surface area contributed by atoms with Gasteiger partial charge in [-0.1, -0.05) is 0 Å². The van der Waals surface area contributed by atoms with Crippen molar-refractivity contribution < 1.29 is 23.8 Å². The first-order valence-electron chi connectivity index (χ1n) is 5.42. The molecule has 2 heterocycles. The molecule has 0 aromatic carbocycles. The van der Waals surface area contributed by atoms with Gasteiger partial charge in [0.2, 0.25) is 0 Å². The molecule has 1 amide bonds. The van der Waals surface area contributed by atoms with Gasteiger partial charge in [0.15, 0.2) is 4.67 Å². The lowest BCUT2D eigenvalue weighted by molar-refractivity contribution is -0.139. The fourth-order valence-corrected chi connectivity index (χ4v) is 2.22. The van der Waals surface area contributed by atoms with Crippen molar-refractivity contribution >= 4 is 27.8 Å². The summed E-state index contributed by atoms with van der Waals surface area (Å²) >= 11 is 3.12. The van der Waals surface area contributed by atoms with Crippen LogP contribution in [0.1, 0.15) is 16.8 Å². The van der Waals surface area contributed by atoms with E-state index >= 15 is 0 Å². The number of nitrogens with zero attached hydrogens (tertiary/aromatic N) is 1. The minimum absolute atomic E-state index is 0.120. The number of aliphatic carboxylic acids is 1. The van der Waals surface area contributed by atoms with E-state index in [1.165, 1.54) is 11.2 Å². The molecule has 1 aliphatic rings. The third kappa shape index (κ3) is 2.91. The number of hydrogen-bond acceptors (Lipinski definition) is 4. The zero-order valence-corrected chi connectivity index (χ0v) is 11.1. The van der Waals surface area contributed by atoms with Gasteiger partial charge in [-0.05, 0) is 15.9 Å². The Morgan fingerprint density at radius 2 is 2.33 bits per heavy atom.